The highest BCUT2D eigenvalue weighted by atomic mass is 16.7. The first-order valence-electron chi connectivity index (χ1n) is 38.3. The first-order valence-corrected chi connectivity index (χ1v) is 38.3. The fraction of sp³-hybridized carbons (Fsp3) is 0.518. The summed E-state index contributed by atoms with van der Waals surface area (Å²) < 4.78 is 50.2. The third-order valence-corrected chi connectivity index (χ3v) is 20.7. The number of esters is 1. The molecular formula is C85H113N13O12. The Morgan fingerprint density at radius 3 is 1.04 bits per heavy atom. The minimum absolute atomic E-state index is 0.000877. The number of nitrogens with one attached hydrogen (secondary N) is 3. The first-order chi connectivity index (χ1) is 52.7. The summed E-state index contributed by atoms with van der Waals surface area (Å²) >= 11 is 0. The van der Waals surface area contributed by atoms with E-state index in [9.17, 15) is 19.2 Å². The molecule has 9 rings (SSSR count). The zero-order valence-electron chi connectivity index (χ0n) is 66.6. The standard InChI is InChI=1S/C30H40N4O5.C28H38N4O4.C27H35N5O3/c1-7-24-19(2)20(3)27(33-25(35)18-32-34-31)29(37-24)38-28(22-11-9-8-10-12-22)23-15-13-21(14-16-23)17-26(36)39-30(4,5)6;1-6-24-19(3)20(4)26(31-25(33)17-30-32-29)28(35-24)36-27(22-10-8-7-9-11-22)23-14-12-21(13-15-23)16-18(2)34-5;1-6-23-18(4)19(5)25(31-24(33)16-29-32-28)27(34-23)35-26(20-10-8-7-9-11-20)21-12-14-22(15-13-21)30-17(2)3/h8-16,19-20,24,27-29H,7,17-18H2,1-6H3,(H,33,35);7-15,18-20,24,26-28H,6,16-17H2,1-5H3,(H,31,33);7-15,18-19,23,25-27H,6,16H2,1-5H3,(H,31,33)/t19-,20-,24?,27?,28?,29?;18?,19-,20-,24?,26?,27?,28?;18-,19-,23?,25?,26?,27?/m000/s1. The van der Waals surface area contributed by atoms with Gasteiger partial charge < -0.3 is 53.8 Å². The van der Waals surface area contributed by atoms with Crippen molar-refractivity contribution < 1.29 is 57.1 Å². The Morgan fingerprint density at radius 2 is 0.755 bits per heavy atom. The van der Waals surface area contributed by atoms with Crippen molar-refractivity contribution in [3.63, 3.8) is 0 Å². The molecule has 13 unspecified atom stereocenters. The molecule has 0 radical (unpaired) electrons. The van der Waals surface area contributed by atoms with E-state index in [1.54, 1.807) is 7.11 Å². The van der Waals surface area contributed by atoms with Crippen molar-refractivity contribution in [1.29, 1.82) is 0 Å². The summed E-state index contributed by atoms with van der Waals surface area (Å²) in [5, 5.41) is 19.2. The summed E-state index contributed by atoms with van der Waals surface area (Å²) in [5.41, 5.74) is 34.9. The van der Waals surface area contributed by atoms with Crippen molar-refractivity contribution in [2.24, 2.45) is 55.8 Å². The number of rotatable bonds is 30. The van der Waals surface area contributed by atoms with E-state index in [0.29, 0.717) is 0 Å². The monoisotopic (exact) mass is 1510 g/mol. The van der Waals surface area contributed by atoms with Crippen LogP contribution in [-0.2, 0) is 69.9 Å². The van der Waals surface area contributed by atoms with E-state index in [4.69, 9.17) is 54.5 Å². The highest BCUT2D eigenvalue weighted by molar-refractivity contribution is 5.82. The molecule has 3 aliphatic rings. The van der Waals surface area contributed by atoms with E-state index in [-0.39, 0.29) is 116 Å². The third-order valence-electron chi connectivity index (χ3n) is 20.7. The molecule has 25 heteroatoms. The molecule has 0 saturated carbocycles. The second-order valence-electron chi connectivity index (χ2n) is 29.9. The van der Waals surface area contributed by atoms with Gasteiger partial charge in [-0.3, -0.25) is 24.2 Å². The van der Waals surface area contributed by atoms with Crippen molar-refractivity contribution in [1.82, 2.24) is 16.0 Å². The zero-order chi connectivity index (χ0) is 80.0. The molecule has 3 N–H and O–H groups in total. The van der Waals surface area contributed by atoms with Crippen LogP contribution in [0.2, 0.25) is 0 Å². The number of methoxy groups -OCH3 is 1. The summed E-state index contributed by atoms with van der Waals surface area (Å²) in [5.74, 6) is -0.512. The fourth-order valence-electron chi connectivity index (χ4n) is 14.1. The van der Waals surface area contributed by atoms with Crippen LogP contribution in [0, 0.1) is 35.5 Å². The number of amides is 3. The van der Waals surface area contributed by atoms with Gasteiger partial charge in [0.2, 0.25) is 17.7 Å². The minimum atomic E-state index is -0.734. The lowest BCUT2D eigenvalue weighted by Crippen LogP contribution is -2.58. The highest BCUT2D eigenvalue weighted by Crippen LogP contribution is 2.41. The van der Waals surface area contributed by atoms with Gasteiger partial charge in [0.15, 0.2) is 18.9 Å². The Labute approximate surface area is 648 Å². The topological polar surface area (TPSA) is 337 Å². The van der Waals surface area contributed by atoms with Crippen molar-refractivity contribution in [2.75, 3.05) is 26.7 Å². The van der Waals surface area contributed by atoms with Gasteiger partial charge in [-0.2, -0.15) is 0 Å². The molecule has 3 fully saturated rings. The Bertz CT molecular complexity index is 4020. The fourth-order valence-corrected chi connectivity index (χ4v) is 14.1. The van der Waals surface area contributed by atoms with Crippen LogP contribution >= 0.6 is 0 Å². The van der Waals surface area contributed by atoms with Crippen molar-refractivity contribution >= 4 is 35.1 Å². The predicted molar refractivity (Wildman–Crippen MR) is 425 cm³/mol. The number of carbonyl (C=O) groups excluding carboxylic acids is 4. The van der Waals surface area contributed by atoms with E-state index < -0.39 is 54.8 Å². The molecule has 0 aromatic heterocycles. The maximum Gasteiger partial charge on any atom is 0.310 e. The summed E-state index contributed by atoms with van der Waals surface area (Å²) in [4.78, 5) is 62.4. The molecule has 0 spiro atoms. The van der Waals surface area contributed by atoms with Gasteiger partial charge in [-0.15, -0.1) is 0 Å². The van der Waals surface area contributed by atoms with Crippen molar-refractivity contribution in [2.45, 2.75) is 221 Å². The number of hydrogen-bond donors (Lipinski definition) is 3. The molecule has 25 nitrogen and oxygen atoms in total. The molecule has 3 aliphatic heterocycles. The normalized spacial score (nSPS) is 24.6. The third kappa shape index (κ3) is 26.1. The van der Waals surface area contributed by atoms with Gasteiger partial charge in [0.25, 0.3) is 0 Å². The number of benzene rings is 6. The molecule has 3 heterocycles. The predicted octanol–water partition coefficient (Wildman–Crippen LogP) is 17.6. The lowest BCUT2D eigenvalue weighted by molar-refractivity contribution is -0.248. The molecule has 3 saturated heterocycles. The maximum absolute atomic E-state index is 12.5. The number of aliphatic imine (C=N–C) groups is 1. The molecule has 19 atom stereocenters. The Hall–Kier alpha value is -9.48. The molecule has 6 aromatic carbocycles. The van der Waals surface area contributed by atoms with E-state index in [1.807, 2.05) is 181 Å². The SMILES string of the molecule is CCC1OC(OC(c2ccccc2)c2ccc(CC(=O)OC(C)(C)C)cc2)C(NC(=O)CN=[N+]=[N-])[C@@H](C)[C@@H]1C.CCC1OC(OC(c2ccccc2)c2ccc(CC(C)OC)cc2)C(NC(=O)CN=[N+]=[N-])[C@@H](C)[C@@H]1C.CCC1OC(OC(c2ccccc2)c2ccc(N=C(C)C)cc2)C(NC(=O)CN=[N+]=[N-])[C@@H](C)[C@@H]1C. The quantitative estimate of drug-likeness (QED) is 0.0125. The van der Waals surface area contributed by atoms with E-state index in [2.05, 4.69) is 138 Å². The summed E-state index contributed by atoms with van der Waals surface area (Å²) in [7, 11) is 1.72. The van der Waals surface area contributed by atoms with Gasteiger partial charge >= 0.3 is 5.97 Å². The molecule has 0 bridgehead atoms. The average Bonchev–Trinajstić information content (AvgIpc) is 0.799. The van der Waals surface area contributed by atoms with E-state index in [1.165, 1.54) is 5.56 Å². The largest absolute Gasteiger partial charge is 0.460 e. The van der Waals surface area contributed by atoms with Crippen LogP contribution in [0.1, 0.15) is 186 Å². The van der Waals surface area contributed by atoms with Gasteiger partial charge in [-0.1, -0.05) is 229 Å². The number of carbonyl (C=O) groups is 4. The Balaban J connectivity index is 0.000000230. The number of ether oxygens (including phenoxy) is 8. The van der Waals surface area contributed by atoms with Crippen LogP contribution < -0.4 is 16.0 Å². The molecule has 590 valence electrons. The van der Waals surface area contributed by atoms with Crippen molar-refractivity contribution in [3.8, 4) is 0 Å². The molecule has 0 aliphatic carbocycles. The molecule has 3 amide bonds. The Kier molecular flexibility index (Phi) is 34.9. The van der Waals surface area contributed by atoms with Crippen LogP contribution in [0.4, 0.5) is 5.69 Å². The molecular weight excluding hydrogens is 1400 g/mol. The van der Waals surface area contributed by atoms with E-state index >= 15 is 0 Å². The van der Waals surface area contributed by atoms with Gasteiger partial charge in [0.1, 0.15) is 43.5 Å². The lowest BCUT2D eigenvalue weighted by Gasteiger charge is -2.45. The van der Waals surface area contributed by atoms with Crippen LogP contribution in [0.5, 0.6) is 0 Å². The molecule has 110 heavy (non-hydrogen) atoms. The van der Waals surface area contributed by atoms with Crippen molar-refractivity contribution in [3.05, 3.63) is 240 Å². The summed E-state index contributed by atoms with van der Waals surface area (Å²) in [6.45, 7) is 29.6. The van der Waals surface area contributed by atoms with Crippen LogP contribution in [0.3, 0.4) is 0 Å². The minimum Gasteiger partial charge on any atom is -0.460 e. The zero-order valence-corrected chi connectivity index (χ0v) is 66.6. The second-order valence-corrected chi connectivity index (χ2v) is 29.9. The number of hydrogen-bond acceptors (Lipinski definition) is 16. The number of nitrogens with zero attached hydrogens (tertiary/aromatic N) is 10. The Morgan fingerprint density at radius 1 is 0.455 bits per heavy atom. The first kappa shape index (κ1) is 87.7. The van der Waals surface area contributed by atoms with Gasteiger partial charge in [0.05, 0.1) is 54.6 Å². The highest BCUT2D eigenvalue weighted by Gasteiger charge is 2.47. The summed E-state index contributed by atoms with van der Waals surface area (Å²) in [6.07, 6.45) is 0.221. The van der Waals surface area contributed by atoms with Gasteiger partial charge in [0, 0.05) is 27.6 Å². The average molecular weight is 1510 g/mol. The van der Waals surface area contributed by atoms with Crippen LogP contribution in [0.15, 0.2) is 184 Å². The van der Waals surface area contributed by atoms with Gasteiger partial charge in [-0.05, 0) is 176 Å². The number of azide groups is 3. The maximum atomic E-state index is 12.5. The van der Waals surface area contributed by atoms with Crippen LogP contribution in [-0.4, -0.2) is 123 Å². The second kappa shape index (κ2) is 43.8. The molecule has 6 aromatic rings. The summed E-state index contributed by atoms with van der Waals surface area (Å²) in [6, 6.07) is 52.6. The van der Waals surface area contributed by atoms with Gasteiger partial charge in [-0.25, -0.2) is 0 Å². The lowest BCUT2D eigenvalue weighted by atomic mass is 9.81. The van der Waals surface area contributed by atoms with Crippen LogP contribution in [0.25, 0.3) is 31.3 Å². The van der Waals surface area contributed by atoms with E-state index in [0.717, 1.165) is 76.0 Å². The smallest absolute Gasteiger partial charge is 0.310 e.